The van der Waals surface area contributed by atoms with Crippen LogP contribution in [0.15, 0.2) is 71.4 Å². The number of allylic oxidation sites excluding steroid dienone is 3. The second-order valence-electron chi connectivity index (χ2n) is 4.45. The molecular formula is C17H13NO2. The van der Waals surface area contributed by atoms with Gasteiger partial charge < -0.3 is 4.74 Å². The molecule has 0 fully saturated rings. The molecule has 1 heterocycles. The molecule has 1 aliphatic rings. The summed E-state index contributed by atoms with van der Waals surface area (Å²) in [6, 6.07) is 13.9. The lowest BCUT2D eigenvalue weighted by atomic mass is 10.1. The summed E-state index contributed by atoms with van der Waals surface area (Å²) in [4.78, 5) is 15.9. The third-order valence-electron chi connectivity index (χ3n) is 3.06. The minimum Gasteiger partial charge on any atom is -0.402 e. The van der Waals surface area contributed by atoms with E-state index < -0.39 is 5.97 Å². The van der Waals surface area contributed by atoms with E-state index >= 15 is 0 Å². The average molecular weight is 263 g/mol. The van der Waals surface area contributed by atoms with E-state index in [-0.39, 0.29) is 0 Å². The molecule has 0 aromatic heterocycles. The molecule has 0 unspecified atom stereocenters. The maximum absolute atomic E-state index is 11.7. The molecule has 2 aromatic rings. The van der Waals surface area contributed by atoms with Crippen LogP contribution in [-0.2, 0) is 9.53 Å². The number of cyclic esters (lactones) is 1. The van der Waals surface area contributed by atoms with Gasteiger partial charge in [0.1, 0.15) is 0 Å². The van der Waals surface area contributed by atoms with Crippen LogP contribution in [0.3, 0.4) is 0 Å². The van der Waals surface area contributed by atoms with Crippen molar-refractivity contribution in [3.63, 3.8) is 0 Å². The monoisotopic (exact) mass is 263 g/mol. The van der Waals surface area contributed by atoms with Gasteiger partial charge >= 0.3 is 5.97 Å². The van der Waals surface area contributed by atoms with E-state index in [4.69, 9.17) is 4.74 Å². The van der Waals surface area contributed by atoms with Crippen LogP contribution in [0.1, 0.15) is 12.5 Å². The fourth-order valence-electron chi connectivity index (χ4n) is 2.06. The Kier molecular flexibility index (Phi) is 3.17. The van der Waals surface area contributed by atoms with E-state index in [9.17, 15) is 4.79 Å². The van der Waals surface area contributed by atoms with Gasteiger partial charge in [0.05, 0.1) is 0 Å². The zero-order chi connectivity index (χ0) is 13.9. The first-order valence-electron chi connectivity index (χ1n) is 6.41. The molecule has 2 aromatic carbocycles. The summed E-state index contributed by atoms with van der Waals surface area (Å²) >= 11 is 0. The van der Waals surface area contributed by atoms with Crippen LogP contribution < -0.4 is 0 Å². The first kappa shape index (κ1) is 12.4. The Hall–Kier alpha value is -2.68. The molecular weight excluding hydrogens is 250 g/mol. The third-order valence-corrected chi connectivity index (χ3v) is 3.06. The molecule has 0 N–H and O–H groups in total. The van der Waals surface area contributed by atoms with E-state index in [0.29, 0.717) is 11.6 Å². The number of ether oxygens (including phenoxy) is 1. The number of nitrogens with zero attached hydrogens (tertiary/aromatic N) is 1. The van der Waals surface area contributed by atoms with Crippen molar-refractivity contribution >= 4 is 22.6 Å². The third kappa shape index (κ3) is 2.26. The van der Waals surface area contributed by atoms with Crippen LogP contribution in [-0.4, -0.2) is 11.9 Å². The van der Waals surface area contributed by atoms with E-state index in [1.54, 1.807) is 12.2 Å². The maximum atomic E-state index is 11.7. The number of carbonyl (C=O) groups is 1. The highest BCUT2D eigenvalue weighted by Crippen LogP contribution is 2.20. The predicted octanol–water partition coefficient (Wildman–Crippen LogP) is 3.60. The quantitative estimate of drug-likeness (QED) is 0.613. The van der Waals surface area contributed by atoms with Crippen LogP contribution in [0.5, 0.6) is 0 Å². The number of hydrogen-bond acceptors (Lipinski definition) is 3. The summed E-state index contributed by atoms with van der Waals surface area (Å²) in [6.07, 6.45) is 5.25. The van der Waals surface area contributed by atoms with Gasteiger partial charge in [-0.15, -0.1) is 0 Å². The lowest BCUT2D eigenvalue weighted by molar-refractivity contribution is -0.130. The maximum Gasteiger partial charge on any atom is 0.363 e. The highest BCUT2D eigenvalue weighted by atomic mass is 16.6. The van der Waals surface area contributed by atoms with E-state index in [0.717, 1.165) is 16.3 Å². The van der Waals surface area contributed by atoms with Crippen molar-refractivity contribution in [3.8, 4) is 0 Å². The molecule has 0 amide bonds. The van der Waals surface area contributed by atoms with Crippen molar-refractivity contribution in [3.05, 3.63) is 72.0 Å². The molecule has 98 valence electrons. The number of carbonyl (C=O) groups excluding carboxylic acids is 1. The first-order chi connectivity index (χ1) is 9.78. The van der Waals surface area contributed by atoms with Gasteiger partial charge in [-0.3, -0.25) is 0 Å². The van der Waals surface area contributed by atoms with Crippen molar-refractivity contribution < 1.29 is 9.53 Å². The van der Waals surface area contributed by atoms with Crippen LogP contribution >= 0.6 is 0 Å². The molecule has 3 rings (SSSR count). The van der Waals surface area contributed by atoms with Crippen molar-refractivity contribution in [1.29, 1.82) is 0 Å². The molecule has 0 saturated heterocycles. The molecule has 3 nitrogen and oxygen atoms in total. The summed E-state index contributed by atoms with van der Waals surface area (Å²) in [5, 5.41) is 2.24. The molecule has 3 heteroatoms. The normalized spacial score (nSPS) is 16.9. The summed E-state index contributed by atoms with van der Waals surface area (Å²) in [6.45, 7) is 1.88. The minimum atomic E-state index is -0.411. The zero-order valence-corrected chi connectivity index (χ0v) is 11.0. The van der Waals surface area contributed by atoms with Gasteiger partial charge in [-0.05, 0) is 35.9 Å². The SMILES string of the molecule is C/C=C/C=C1\N=C(c2ccc3ccccc3c2)OC1=O. The predicted molar refractivity (Wildman–Crippen MR) is 79.5 cm³/mol. The van der Waals surface area contributed by atoms with Crippen molar-refractivity contribution in [1.82, 2.24) is 0 Å². The van der Waals surface area contributed by atoms with Gasteiger partial charge in [-0.25, -0.2) is 9.79 Å². The summed E-state index contributed by atoms with van der Waals surface area (Å²) in [5.74, 6) is -0.0530. The summed E-state index contributed by atoms with van der Waals surface area (Å²) < 4.78 is 5.21. The van der Waals surface area contributed by atoms with Gasteiger partial charge in [0.15, 0.2) is 5.70 Å². The van der Waals surface area contributed by atoms with Crippen molar-refractivity contribution in [2.24, 2.45) is 4.99 Å². The second kappa shape index (κ2) is 5.13. The number of hydrogen-bond donors (Lipinski definition) is 0. The largest absolute Gasteiger partial charge is 0.402 e. The number of esters is 1. The van der Waals surface area contributed by atoms with E-state index in [1.165, 1.54) is 0 Å². The van der Waals surface area contributed by atoms with E-state index in [2.05, 4.69) is 4.99 Å². The number of rotatable bonds is 2. The highest BCUT2D eigenvalue weighted by Gasteiger charge is 2.23. The van der Waals surface area contributed by atoms with Gasteiger partial charge in [-0.2, -0.15) is 0 Å². The number of fused-ring (bicyclic) bond motifs is 1. The molecule has 1 aliphatic heterocycles. The minimum absolute atomic E-state index is 0.325. The average Bonchev–Trinajstić information content (AvgIpc) is 2.86. The van der Waals surface area contributed by atoms with Gasteiger partial charge in [0, 0.05) is 5.56 Å². The Morgan fingerprint density at radius 3 is 2.70 bits per heavy atom. The Balaban J connectivity index is 2.01. The van der Waals surface area contributed by atoms with Crippen molar-refractivity contribution in [2.75, 3.05) is 0 Å². The van der Waals surface area contributed by atoms with Gasteiger partial charge in [0.2, 0.25) is 5.90 Å². The lowest BCUT2D eigenvalue weighted by Crippen LogP contribution is -2.05. The number of benzene rings is 2. The Bertz CT molecular complexity index is 769. The molecule has 0 saturated carbocycles. The number of aliphatic imine (C=N–C) groups is 1. The molecule has 20 heavy (non-hydrogen) atoms. The van der Waals surface area contributed by atoms with Crippen LogP contribution in [0.2, 0.25) is 0 Å². The van der Waals surface area contributed by atoms with Crippen LogP contribution in [0.4, 0.5) is 0 Å². The fraction of sp³-hybridized carbons (Fsp3) is 0.0588. The zero-order valence-electron chi connectivity index (χ0n) is 11.0. The summed E-state index contributed by atoms with van der Waals surface area (Å²) in [7, 11) is 0. The van der Waals surface area contributed by atoms with Crippen LogP contribution in [0.25, 0.3) is 10.8 Å². The smallest absolute Gasteiger partial charge is 0.363 e. The Labute approximate surface area is 116 Å². The highest BCUT2D eigenvalue weighted by molar-refractivity contribution is 6.12. The first-order valence-corrected chi connectivity index (χ1v) is 6.41. The summed E-state index contributed by atoms with van der Waals surface area (Å²) in [5.41, 5.74) is 1.13. The van der Waals surface area contributed by atoms with Gasteiger partial charge in [0.25, 0.3) is 0 Å². The topological polar surface area (TPSA) is 38.7 Å². The lowest BCUT2D eigenvalue weighted by Gasteiger charge is -2.02. The van der Waals surface area contributed by atoms with Crippen molar-refractivity contribution in [2.45, 2.75) is 6.92 Å². The van der Waals surface area contributed by atoms with Gasteiger partial charge in [-0.1, -0.05) is 42.5 Å². The standard InChI is InChI=1S/C17H13NO2/c1-2-3-8-15-17(19)20-16(18-15)14-10-9-12-6-4-5-7-13(12)11-14/h2-11H,1H3/b3-2+,15-8-. The molecule has 0 spiro atoms. The van der Waals surface area contributed by atoms with Crippen LogP contribution in [0, 0.1) is 0 Å². The molecule has 0 aliphatic carbocycles. The molecule has 0 radical (unpaired) electrons. The molecule has 0 bridgehead atoms. The second-order valence-corrected chi connectivity index (χ2v) is 4.45. The Morgan fingerprint density at radius 1 is 1.10 bits per heavy atom. The molecule has 0 atom stereocenters. The Morgan fingerprint density at radius 2 is 1.90 bits per heavy atom. The fourth-order valence-corrected chi connectivity index (χ4v) is 2.06. The van der Waals surface area contributed by atoms with E-state index in [1.807, 2.05) is 55.5 Å².